The average molecular weight is 370 g/mol. The molecule has 3 aromatic rings. The molecule has 26 heavy (non-hydrogen) atoms. The summed E-state index contributed by atoms with van der Waals surface area (Å²) in [6, 6.07) is 8.83. The van der Waals surface area contributed by atoms with Gasteiger partial charge in [0.2, 0.25) is 11.8 Å². The molecule has 0 N–H and O–H groups in total. The monoisotopic (exact) mass is 370 g/mol. The van der Waals surface area contributed by atoms with Crippen LogP contribution in [0.25, 0.3) is 11.5 Å². The van der Waals surface area contributed by atoms with Crippen LogP contribution in [0.4, 0.5) is 5.69 Å². The number of thiophene rings is 1. The molecule has 134 valence electrons. The van der Waals surface area contributed by atoms with Gasteiger partial charge in [-0.3, -0.25) is 15.0 Å². The molecule has 3 heterocycles. The first-order valence-corrected chi connectivity index (χ1v) is 9.45. The second kappa shape index (κ2) is 7.35. The van der Waals surface area contributed by atoms with E-state index < -0.39 is 0 Å². The highest BCUT2D eigenvalue weighted by molar-refractivity contribution is 7.08. The van der Waals surface area contributed by atoms with Crippen molar-refractivity contribution in [1.82, 2.24) is 15.1 Å². The number of nitro groups is 1. The van der Waals surface area contributed by atoms with E-state index in [0.29, 0.717) is 11.8 Å². The van der Waals surface area contributed by atoms with Crippen LogP contribution in [0, 0.1) is 10.1 Å². The third-order valence-electron chi connectivity index (χ3n) is 4.67. The lowest BCUT2D eigenvalue weighted by Gasteiger charge is -2.30. The van der Waals surface area contributed by atoms with Gasteiger partial charge in [0.1, 0.15) is 0 Å². The van der Waals surface area contributed by atoms with E-state index in [1.165, 1.54) is 6.07 Å². The Morgan fingerprint density at radius 2 is 2.12 bits per heavy atom. The van der Waals surface area contributed by atoms with Gasteiger partial charge in [0.15, 0.2) is 0 Å². The quantitative estimate of drug-likeness (QED) is 0.497. The second-order valence-electron chi connectivity index (χ2n) is 6.43. The minimum absolute atomic E-state index is 0.143. The number of nitro benzene ring substituents is 1. The summed E-state index contributed by atoms with van der Waals surface area (Å²) < 4.78 is 5.85. The Bertz CT molecular complexity index is 885. The summed E-state index contributed by atoms with van der Waals surface area (Å²) in [6.45, 7) is 2.53. The summed E-state index contributed by atoms with van der Waals surface area (Å²) in [5.41, 5.74) is 2.08. The van der Waals surface area contributed by atoms with Crippen LogP contribution in [0.5, 0.6) is 0 Å². The molecule has 1 fully saturated rings. The van der Waals surface area contributed by atoms with Crippen molar-refractivity contribution in [3.05, 3.63) is 62.7 Å². The Kier molecular flexibility index (Phi) is 4.77. The zero-order valence-corrected chi connectivity index (χ0v) is 14.9. The molecule has 1 saturated heterocycles. The Hall–Kier alpha value is -2.58. The Labute approximate surface area is 154 Å². The molecule has 1 aromatic carbocycles. The van der Waals surface area contributed by atoms with Gasteiger partial charge in [-0.1, -0.05) is 12.1 Å². The second-order valence-corrected chi connectivity index (χ2v) is 7.21. The highest BCUT2D eigenvalue weighted by atomic mass is 32.1. The molecule has 7 nitrogen and oxygen atoms in total. The molecule has 4 rings (SSSR count). The van der Waals surface area contributed by atoms with E-state index in [0.717, 1.165) is 43.6 Å². The number of nitrogens with zero attached hydrogens (tertiary/aromatic N) is 4. The van der Waals surface area contributed by atoms with Crippen molar-refractivity contribution in [2.75, 3.05) is 13.1 Å². The molecule has 8 heteroatoms. The smallest absolute Gasteiger partial charge is 0.269 e. The summed E-state index contributed by atoms with van der Waals surface area (Å²) in [4.78, 5) is 12.9. The fourth-order valence-electron chi connectivity index (χ4n) is 3.27. The minimum Gasteiger partial charge on any atom is -0.420 e. The SMILES string of the molecule is O=[N+]([O-])c1cccc(CN2CCC(c3nnc(-c4ccsc4)o3)CC2)c1. The van der Waals surface area contributed by atoms with Crippen molar-refractivity contribution >= 4 is 17.0 Å². The number of rotatable bonds is 5. The topological polar surface area (TPSA) is 85.3 Å². The van der Waals surface area contributed by atoms with Gasteiger partial charge in [-0.05, 0) is 42.9 Å². The lowest BCUT2D eigenvalue weighted by Crippen LogP contribution is -2.32. The van der Waals surface area contributed by atoms with Gasteiger partial charge in [0.25, 0.3) is 5.69 Å². The van der Waals surface area contributed by atoms with Crippen LogP contribution in [-0.4, -0.2) is 33.1 Å². The van der Waals surface area contributed by atoms with E-state index >= 15 is 0 Å². The number of piperidine rings is 1. The van der Waals surface area contributed by atoms with Crippen molar-refractivity contribution in [1.29, 1.82) is 0 Å². The summed E-state index contributed by atoms with van der Waals surface area (Å²) in [6.07, 6.45) is 1.89. The van der Waals surface area contributed by atoms with Gasteiger partial charge in [-0.15, -0.1) is 10.2 Å². The Balaban J connectivity index is 1.36. The van der Waals surface area contributed by atoms with Gasteiger partial charge >= 0.3 is 0 Å². The van der Waals surface area contributed by atoms with Crippen LogP contribution >= 0.6 is 11.3 Å². The van der Waals surface area contributed by atoms with Gasteiger partial charge in [-0.25, -0.2) is 0 Å². The first-order valence-electron chi connectivity index (χ1n) is 8.51. The number of hydrogen-bond acceptors (Lipinski definition) is 7. The maximum atomic E-state index is 10.9. The number of aromatic nitrogens is 2. The molecule has 0 amide bonds. The molecule has 0 radical (unpaired) electrons. The van der Waals surface area contributed by atoms with Gasteiger partial charge in [-0.2, -0.15) is 11.3 Å². The van der Waals surface area contributed by atoms with Gasteiger partial charge in [0.05, 0.1) is 4.92 Å². The molecule has 0 saturated carbocycles. The van der Waals surface area contributed by atoms with Crippen LogP contribution in [0.1, 0.15) is 30.2 Å². The third kappa shape index (κ3) is 3.66. The van der Waals surface area contributed by atoms with Crippen LogP contribution < -0.4 is 0 Å². The van der Waals surface area contributed by atoms with E-state index in [4.69, 9.17) is 4.42 Å². The highest BCUT2D eigenvalue weighted by Crippen LogP contribution is 2.30. The normalized spacial score (nSPS) is 16.0. The number of likely N-dealkylation sites (tertiary alicyclic amines) is 1. The van der Waals surface area contributed by atoms with E-state index in [-0.39, 0.29) is 16.5 Å². The maximum absolute atomic E-state index is 10.9. The summed E-state index contributed by atoms with van der Waals surface area (Å²) in [7, 11) is 0. The fourth-order valence-corrected chi connectivity index (χ4v) is 3.90. The lowest BCUT2D eigenvalue weighted by atomic mass is 9.96. The largest absolute Gasteiger partial charge is 0.420 e. The number of non-ortho nitro benzene ring substituents is 1. The van der Waals surface area contributed by atoms with Crippen molar-refractivity contribution in [3.8, 4) is 11.5 Å². The van der Waals surface area contributed by atoms with Crippen LogP contribution in [0.3, 0.4) is 0 Å². The first kappa shape index (κ1) is 16.9. The van der Waals surface area contributed by atoms with Gasteiger partial charge < -0.3 is 4.42 Å². The van der Waals surface area contributed by atoms with Crippen LogP contribution in [0.2, 0.25) is 0 Å². The van der Waals surface area contributed by atoms with E-state index in [9.17, 15) is 10.1 Å². The predicted octanol–water partition coefficient (Wildman–Crippen LogP) is 4.09. The molecule has 2 aromatic heterocycles. The summed E-state index contributed by atoms with van der Waals surface area (Å²) >= 11 is 1.61. The van der Waals surface area contributed by atoms with E-state index in [1.807, 2.05) is 22.9 Å². The van der Waals surface area contributed by atoms with Gasteiger partial charge in [0, 0.05) is 35.5 Å². The Morgan fingerprint density at radius 1 is 1.27 bits per heavy atom. The molecule has 0 unspecified atom stereocenters. The zero-order chi connectivity index (χ0) is 17.9. The molecule has 1 aliphatic rings. The molecule has 1 aliphatic heterocycles. The van der Waals surface area contributed by atoms with E-state index in [2.05, 4.69) is 15.1 Å². The predicted molar refractivity (Wildman–Crippen MR) is 98.0 cm³/mol. The van der Waals surface area contributed by atoms with Crippen molar-refractivity contribution in [3.63, 3.8) is 0 Å². The maximum Gasteiger partial charge on any atom is 0.269 e. The average Bonchev–Trinajstić information content (AvgIpc) is 3.34. The van der Waals surface area contributed by atoms with Crippen LogP contribution in [-0.2, 0) is 6.54 Å². The molecular weight excluding hydrogens is 352 g/mol. The summed E-state index contributed by atoms with van der Waals surface area (Å²) in [5.74, 6) is 1.57. The molecular formula is C18H18N4O3S. The number of hydrogen-bond donors (Lipinski definition) is 0. The third-order valence-corrected chi connectivity index (χ3v) is 5.36. The zero-order valence-electron chi connectivity index (χ0n) is 14.1. The molecule has 0 atom stereocenters. The van der Waals surface area contributed by atoms with E-state index in [1.54, 1.807) is 23.5 Å². The fraction of sp³-hybridized carbons (Fsp3) is 0.333. The molecule has 0 aliphatic carbocycles. The Morgan fingerprint density at radius 3 is 2.85 bits per heavy atom. The van der Waals surface area contributed by atoms with Crippen molar-refractivity contribution in [2.45, 2.75) is 25.3 Å². The lowest BCUT2D eigenvalue weighted by molar-refractivity contribution is -0.384. The number of benzene rings is 1. The minimum atomic E-state index is -0.351. The molecule has 0 bridgehead atoms. The summed E-state index contributed by atoms with van der Waals surface area (Å²) in [5, 5.41) is 23.3. The highest BCUT2D eigenvalue weighted by Gasteiger charge is 2.25. The van der Waals surface area contributed by atoms with Crippen molar-refractivity contribution < 1.29 is 9.34 Å². The van der Waals surface area contributed by atoms with Crippen LogP contribution in [0.15, 0.2) is 45.5 Å². The standard InChI is InChI=1S/C18H18N4O3S/c23-22(24)16-3-1-2-13(10-16)11-21-7-4-14(5-8-21)17-19-20-18(25-17)15-6-9-26-12-15/h1-3,6,9-10,12,14H,4-5,7-8,11H2. The van der Waals surface area contributed by atoms with Crippen molar-refractivity contribution in [2.24, 2.45) is 0 Å². The molecule has 0 spiro atoms. The first-order chi connectivity index (χ1) is 12.7.